The molecule has 5 heteroatoms. The average Bonchev–Trinajstić information content (AvgIpc) is 2.79. The number of carboxylic acids is 1. The van der Waals surface area contributed by atoms with E-state index < -0.39 is 25.1 Å². The monoisotopic (exact) mass is 235 g/mol. The van der Waals surface area contributed by atoms with E-state index in [1.165, 1.54) is 12.1 Å². The van der Waals surface area contributed by atoms with Crippen LogP contribution >= 0.6 is 0 Å². The molecule has 0 aliphatic carbocycles. The molecule has 0 unspecified atom stereocenters. The van der Waals surface area contributed by atoms with Crippen molar-refractivity contribution in [2.45, 2.75) is 19.1 Å². The minimum atomic E-state index is -3.12. The van der Waals surface area contributed by atoms with Crippen molar-refractivity contribution in [2.75, 3.05) is 0 Å². The SMILES string of the molecule is [2H]C([2H])([2H])C(C#N)(c1ccc2c(C(=O)O)cnn2c1)C([2H])([2H])[2H]. The van der Waals surface area contributed by atoms with Crippen molar-refractivity contribution < 1.29 is 18.1 Å². The highest BCUT2D eigenvalue weighted by molar-refractivity contribution is 5.95. The minimum Gasteiger partial charge on any atom is -0.478 e. The second kappa shape index (κ2) is 3.59. The van der Waals surface area contributed by atoms with Gasteiger partial charge in [-0.2, -0.15) is 10.4 Å². The van der Waals surface area contributed by atoms with Crippen LogP contribution in [0.3, 0.4) is 0 Å². The van der Waals surface area contributed by atoms with E-state index >= 15 is 0 Å². The second-order valence-corrected chi connectivity index (χ2v) is 3.47. The molecule has 0 radical (unpaired) electrons. The largest absolute Gasteiger partial charge is 0.478 e. The number of nitriles is 1. The lowest BCUT2D eigenvalue weighted by Gasteiger charge is -2.15. The van der Waals surface area contributed by atoms with Gasteiger partial charge in [-0.3, -0.25) is 0 Å². The summed E-state index contributed by atoms with van der Waals surface area (Å²) in [5.74, 6) is -1.23. The Labute approximate surface area is 106 Å². The summed E-state index contributed by atoms with van der Waals surface area (Å²) < 4.78 is 46.3. The van der Waals surface area contributed by atoms with Gasteiger partial charge in [-0.1, -0.05) is 6.07 Å². The van der Waals surface area contributed by atoms with Gasteiger partial charge in [-0.25, -0.2) is 9.31 Å². The number of carbonyl (C=O) groups is 1. The van der Waals surface area contributed by atoms with Crippen molar-refractivity contribution in [3.8, 4) is 6.07 Å². The first-order chi connectivity index (χ1) is 10.5. The first-order valence-corrected chi connectivity index (χ1v) is 4.58. The maximum atomic E-state index is 11.0. The Kier molecular flexibility index (Phi) is 1.23. The Morgan fingerprint density at radius 1 is 1.65 bits per heavy atom. The van der Waals surface area contributed by atoms with Crippen LogP contribution in [0.25, 0.3) is 5.52 Å². The van der Waals surface area contributed by atoms with Crippen LogP contribution < -0.4 is 0 Å². The molecule has 0 spiro atoms. The van der Waals surface area contributed by atoms with E-state index in [9.17, 15) is 10.1 Å². The van der Waals surface area contributed by atoms with Crippen molar-refractivity contribution in [1.29, 1.82) is 5.26 Å². The lowest BCUT2D eigenvalue weighted by molar-refractivity contribution is 0.0699. The van der Waals surface area contributed by atoms with E-state index in [2.05, 4.69) is 5.10 Å². The third-order valence-electron chi connectivity index (χ3n) is 2.35. The Morgan fingerprint density at radius 3 is 3.00 bits per heavy atom. The van der Waals surface area contributed by atoms with Crippen LogP contribution in [0.15, 0.2) is 24.5 Å². The predicted octanol–water partition coefficient (Wildman–Crippen LogP) is 1.83. The summed E-state index contributed by atoms with van der Waals surface area (Å²) >= 11 is 0. The number of rotatable bonds is 2. The molecule has 5 nitrogen and oxygen atoms in total. The molecular formula is C12H11N3O2. The van der Waals surface area contributed by atoms with E-state index in [1.54, 1.807) is 0 Å². The highest BCUT2D eigenvalue weighted by Crippen LogP contribution is 2.23. The molecule has 0 saturated carbocycles. The van der Waals surface area contributed by atoms with Crippen LogP contribution in [0.2, 0.25) is 0 Å². The molecule has 0 aliphatic rings. The van der Waals surface area contributed by atoms with Crippen LogP contribution in [0.1, 0.15) is 37.8 Å². The number of carboxylic acid groups (broad SMARTS) is 1. The lowest BCUT2D eigenvalue weighted by atomic mass is 9.87. The summed E-state index contributed by atoms with van der Waals surface area (Å²) in [4.78, 5) is 11.0. The molecule has 0 bridgehead atoms. The Morgan fingerprint density at radius 2 is 2.41 bits per heavy atom. The predicted molar refractivity (Wildman–Crippen MR) is 60.8 cm³/mol. The van der Waals surface area contributed by atoms with Crippen LogP contribution in [0.5, 0.6) is 0 Å². The number of nitrogens with zero attached hydrogens (tertiary/aromatic N) is 3. The van der Waals surface area contributed by atoms with E-state index in [1.807, 2.05) is 0 Å². The van der Waals surface area contributed by atoms with Crippen molar-refractivity contribution in [3.05, 3.63) is 35.7 Å². The first-order valence-electron chi connectivity index (χ1n) is 7.58. The van der Waals surface area contributed by atoms with Gasteiger partial charge in [0, 0.05) is 14.4 Å². The summed E-state index contributed by atoms with van der Waals surface area (Å²) in [5.41, 5.74) is -3.00. The summed E-state index contributed by atoms with van der Waals surface area (Å²) in [6.45, 7) is -6.24. The third kappa shape index (κ3) is 1.74. The van der Waals surface area contributed by atoms with Crippen molar-refractivity contribution in [2.24, 2.45) is 0 Å². The lowest BCUT2D eigenvalue weighted by Crippen LogP contribution is -2.14. The molecule has 0 aromatic carbocycles. The fraction of sp³-hybridized carbons (Fsp3) is 0.250. The molecule has 0 aliphatic heterocycles. The second-order valence-electron chi connectivity index (χ2n) is 3.47. The molecule has 0 amide bonds. The topological polar surface area (TPSA) is 78.4 Å². The van der Waals surface area contributed by atoms with Gasteiger partial charge in [0.1, 0.15) is 5.56 Å². The molecule has 0 fully saturated rings. The van der Waals surface area contributed by atoms with Gasteiger partial charge in [-0.05, 0) is 25.3 Å². The number of pyridine rings is 1. The van der Waals surface area contributed by atoms with Gasteiger partial charge in [0.05, 0.1) is 23.2 Å². The van der Waals surface area contributed by atoms with Gasteiger partial charge < -0.3 is 5.11 Å². The van der Waals surface area contributed by atoms with E-state index in [0.29, 0.717) is 0 Å². The molecule has 17 heavy (non-hydrogen) atoms. The zero-order valence-electron chi connectivity index (χ0n) is 14.5. The van der Waals surface area contributed by atoms with Gasteiger partial charge in [0.25, 0.3) is 0 Å². The number of aromatic carboxylic acids is 1. The van der Waals surface area contributed by atoms with Crippen molar-refractivity contribution in [3.63, 3.8) is 0 Å². The maximum Gasteiger partial charge on any atom is 0.339 e. The third-order valence-corrected chi connectivity index (χ3v) is 2.35. The summed E-state index contributed by atoms with van der Waals surface area (Å²) in [7, 11) is 0. The molecule has 2 heterocycles. The highest BCUT2D eigenvalue weighted by Gasteiger charge is 2.21. The Balaban J connectivity index is 2.78. The van der Waals surface area contributed by atoms with Crippen LogP contribution in [-0.4, -0.2) is 20.7 Å². The summed E-state index contributed by atoms with van der Waals surface area (Å²) in [6.07, 6.45) is 2.11. The number of hydrogen-bond acceptors (Lipinski definition) is 3. The smallest absolute Gasteiger partial charge is 0.339 e. The van der Waals surface area contributed by atoms with Gasteiger partial charge >= 0.3 is 5.97 Å². The van der Waals surface area contributed by atoms with Crippen molar-refractivity contribution in [1.82, 2.24) is 9.61 Å². The van der Waals surface area contributed by atoms with E-state index in [0.717, 1.165) is 23.0 Å². The summed E-state index contributed by atoms with van der Waals surface area (Å²) in [5, 5.41) is 22.2. The highest BCUT2D eigenvalue weighted by atomic mass is 16.4. The fourth-order valence-electron chi connectivity index (χ4n) is 1.44. The molecule has 86 valence electrons. The van der Waals surface area contributed by atoms with Gasteiger partial charge in [0.2, 0.25) is 0 Å². The fourth-order valence-corrected chi connectivity index (χ4v) is 1.44. The Bertz CT molecular complexity index is 801. The van der Waals surface area contributed by atoms with Gasteiger partial charge in [0.15, 0.2) is 0 Å². The number of hydrogen-bond donors (Lipinski definition) is 1. The number of aromatic nitrogens is 2. The molecule has 0 atom stereocenters. The Hall–Kier alpha value is -2.35. The standard InChI is InChI=1S/C12H11N3O2/c1-12(2,7-13)8-3-4-10-9(11(16)17)5-14-15(10)6-8/h3-6H,1-2H3,(H,16,17)/i1D3,2D3. The van der Waals surface area contributed by atoms with Crippen LogP contribution in [-0.2, 0) is 5.41 Å². The molecular weight excluding hydrogens is 218 g/mol. The van der Waals surface area contributed by atoms with Gasteiger partial charge in [-0.15, -0.1) is 0 Å². The molecule has 2 aromatic heterocycles. The molecule has 0 saturated heterocycles. The zero-order chi connectivity index (χ0) is 17.6. The quantitative estimate of drug-likeness (QED) is 0.861. The zero-order valence-corrected chi connectivity index (χ0v) is 8.51. The first kappa shape index (κ1) is 5.82. The van der Waals surface area contributed by atoms with E-state index in [-0.39, 0.29) is 16.6 Å². The summed E-state index contributed by atoms with van der Waals surface area (Å²) in [6, 6.07) is 3.79. The minimum absolute atomic E-state index is 0.123. The average molecular weight is 235 g/mol. The molecule has 2 rings (SSSR count). The van der Waals surface area contributed by atoms with Crippen molar-refractivity contribution >= 4 is 11.5 Å². The molecule has 1 N–H and O–H groups in total. The number of fused-ring (bicyclic) bond motifs is 1. The normalized spacial score (nSPS) is 18.1. The maximum absolute atomic E-state index is 11.0. The molecule has 2 aromatic rings. The van der Waals surface area contributed by atoms with E-state index in [4.69, 9.17) is 13.3 Å². The van der Waals surface area contributed by atoms with Crippen LogP contribution in [0.4, 0.5) is 0 Å². The van der Waals surface area contributed by atoms with Crippen LogP contribution in [0, 0.1) is 11.3 Å².